The molecule has 3 heterocycles. The summed E-state index contributed by atoms with van der Waals surface area (Å²) >= 11 is 0. The van der Waals surface area contributed by atoms with Gasteiger partial charge in [-0.25, -0.2) is 14.8 Å². The molecule has 11 nitrogen and oxygen atoms in total. The summed E-state index contributed by atoms with van der Waals surface area (Å²) < 4.78 is 16.8. The van der Waals surface area contributed by atoms with Crippen molar-refractivity contribution in [3.63, 3.8) is 0 Å². The fourth-order valence-corrected chi connectivity index (χ4v) is 7.40. The minimum absolute atomic E-state index is 0.110. The zero-order valence-corrected chi connectivity index (χ0v) is 27.4. The highest BCUT2D eigenvalue weighted by Crippen LogP contribution is 2.41. The van der Waals surface area contributed by atoms with Crippen molar-refractivity contribution in [3.05, 3.63) is 59.9 Å². The van der Waals surface area contributed by atoms with Gasteiger partial charge in [-0.1, -0.05) is 12.1 Å². The third-order valence-electron chi connectivity index (χ3n) is 10.5. The van der Waals surface area contributed by atoms with E-state index in [1.54, 1.807) is 13.4 Å². The Kier molecular flexibility index (Phi) is 9.35. The maximum atomic E-state index is 14.4. The molecule has 2 aromatic heterocycles. The van der Waals surface area contributed by atoms with Gasteiger partial charge in [0, 0.05) is 41.2 Å². The van der Waals surface area contributed by atoms with E-state index in [-0.39, 0.29) is 29.9 Å². The summed E-state index contributed by atoms with van der Waals surface area (Å²) in [6.07, 6.45) is 9.23. The number of oxazole rings is 1. The molecule has 0 spiro atoms. The lowest BCUT2D eigenvalue weighted by molar-refractivity contribution is -0.124. The number of β-amino-alcohol motifs (C(OH)–C–C–N with tert-alkyl or cyclic N) is 1. The standard InChI is InChI=1S/C37H43N5O6/c1-46-34-16-15-31(39-32(34)18-38)24-7-5-23(6-8-24)19-42(28-4-2-3-27(17-28)33-22-47-35(40-33)25-9-10-25)36(44)26-11-13-30(14-12-26)48-37(45)41-20-29(43)21-41/h2-4,15-17,22-26,29-30,43H,5-14,19-21H2,1H3. The summed E-state index contributed by atoms with van der Waals surface area (Å²) in [6.45, 7) is 1.25. The average molecular weight is 654 g/mol. The quantitative estimate of drug-likeness (QED) is 0.287. The zero-order chi connectivity index (χ0) is 33.2. The first kappa shape index (κ1) is 32.1. The average Bonchev–Trinajstić information content (AvgIpc) is 3.84. The van der Waals surface area contributed by atoms with Crippen molar-refractivity contribution in [1.29, 1.82) is 5.26 Å². The first-order valence-corrected chi connectivity index (χ1v) is 17.3. The monoisotopic (exact) mass is 653 g/mol. The van der Waals surface area contributed by atoms with Crippen LogP contribution in [0.4, 0.5) is 10.5 Å². The van der Waals surface area contributed by atoms with Gasteiger partial charge in [-0.05, 0) is 94.4 Å². The number of carbonyl (C=O) groups is 2. The highest BCUT2D eigenvalue weighted by Gasteiger charge is 2.36. The molecule has 3 saturated carbocycles. The highest BCUT2D eigenvalue weighted by molar-refractivity contribution is 5.95. The first-order chi connectivity index (χ1) is 23.4. The van der Waals surface area contributed by atoms with Gasteiger partial charge in [0.2, 0.25) is 5.91 Å². The van der Waals surface area contributed by atoms with Crippen molar-refractivity contribution >= 4 is 17.7 Å². The van der Waals surface area contributed by atoms with Crippen LogP contribution in [-0.2, 0) is 9.53 Å². The number of carbonyl (C=O) groups excluding carboxylic acids is 2. The van der Waals surface area contributed by atoms with Gasteiger partial charge in [0.15, 0.2) is 17.3 Å². The van der Waals surface area contributed by atoms with E-state index in [2.05, 4.69) is 17.1 Å². The Bertz CT molecular complexity index is 1660. The maximum absolute atomic E-state index is 14.4. The zero-order valence-electron chi connectivity index (χ0n) is 27.4. The highest BCUT2D eigenvalue weighted by atomic mass is 16.6. The molecule has 0 unspecified atom stereocenters. The van der Waals surface area contributed by atoms with E-state index in [1.165, 1.54) is 4.90 Å². The van der Waals surface area contributed by atoms with Gasteiger partial charge in [-0.3, -0.25) is 4.79 Å². The van der Waals surface area contributed by atoms with E-state index >= 15 is 0 Å². The number of methoxy groups -OCH3 is 1. The lowest BCUT2D eigenvalue weighted by Crippen LogP contribution is -2.54. The summed E-state index contributed by atoms with van der Waals surface area (Å²) in [5, 5.41) is 19.1. The molecule has 1 aliphatic heterocycles. The number of likely N-dealkylation sites (tertiary alicyclic amines) is 1. The first-order valence-electron chi connectivity index (χ1n) is 17.3. The van der Waals surface area contributed by atoms with E-state index in [0.29, 0.717) is 68.6 Å². The van der Waals surface area contributed by atoms with Gasteiger partial charge in [0.05, 0.1) is 26.3 Å². The molecule has 4 fully saturated rings. The summed E-state index contributed by atoms with van der Waals surface area (Å²) in [6, 6.07) is 14.0. The van der Waals surface area contributed by atoms with Gasteiger partial charge in [0.25, 0.3) is 0 Å². The number of rotatable bonds is 9. The Hall–Kier alpha value is -4.43. The molecule has 11 heteroatoms. The Morgan fingerprint density at radius 1 is 1.00 bits per heavy atom. The van der Waals surface area contributed by atoms with Crippen molar-refractivity contribution < 1.29 is 28.6 Å². The van der Waals surface area contributed by atoms with Crippen LogP contribution in [0.15, 0.2) is 47.1 Å². The largest absolute Gasteiger partial charge is 0.494 e. The number of pyridine rings is 1. The van der Waals surface area contributed by atoms with Crippen LogP contribution in [0.1, 0.15) is 93.3 Å². The number of nitriles is 1. The third kappa shape index (κ3) is 7.04. The third-order valence-corrected chi connectivity index (χ3v) is 10.5. The fraction of sp³-hybridized carbons (Fsp3) is 0.541. The predicted octanol–water partition coefficient (Wildman–Crippen LogP) is 6.17. The van der Waals surface area contributed by atoms with Gasteiger partial charge in [0.1, 0.15) is 24.1 Å². The molecule has 0 radical (unpaired) electrons. The summed E-state index contributed by atoms with van der Waals surface area (Å²) in [4.78, 5) is 39.6. The number of hydrogen-bond donors (Lipinski definition) is 1. The molecule has 1 N–H and O–H groups in total. The van der Waals surface area contributed by atoms with E-state index in [4.69, 9.17) is 18.9 Å². The number of ether oxygens (including phenoxy) is 2. The van der Waals surface area contributed by atoms with Crippen LogP contribution in [0.5, 0.6) is 5.75 Å². The Balaban J connectivity index is 1.04. The number of aliphatic hydroxyl groups excluding tert-OH is 1. The van der Waals surface area contributed by atoms with Crippen LogP contribution < -0.4 is 9.64 Å². The van der Waals surface area contributed by atoms with E-state index < -0.39 is 6.10 Å². The van der Waals surface area contributed by atoms with Gasteiger partial charge in [-0.15, -0.1) is 0 Å². The van der Waals surface area contributed by atoms with Gasteiger partial charge < -0.3 is 28.8 Å². The lowest BCUT2D eigenvalue weighted by Gasteiger charge is -2.38. The summed E-state index contributed by atoms with van der Waals surface area (Å²) in [7, 11) is 1.55. The van der Waals surface area contributed by atoms with Crippen molar-refractivity contribution in [2.45, 2.75) is 88.3 Å². The number of anilines is 1. The molecule has 252 valence electrons. The Morgan fingerprint density at radius 2 is 1.75 bits per heavy atom. The molecule has 1 saturated heterocycles. The molecule has 0 bridgehead atoms. The molecule has 4 aliphatic rings. The topological polar surface area (TPSA) is 142 Å². The minimum atomic E-state index is -0.467. The molecular formula is C37H43N5O6. The van der Waals surface area contributed by atoms with Crippen LogP contribution >= 0.6 is 0 Å². The Morgan fingerprint density at radius 3 is 2.44 bits per heavy atom. The minimum Gasteiger partial charge on any atom is -0.494 e. The van der Waals surface area contributed by atoms with Gasteiger partial charge >= 0.3 is 6.09 Å². The van der Waals surface area contributed by atoms with Crippen molar-refractivity contribution in [2.24, 2.45) is 11.8 Å². The second-order valence-corrected chi connectivity index (χ2v) is 13.9. The van der Waals surface area contributed by atoms with Crippen molar-refractivity contribution in [3.8, 4) is 23.1 Å². The molecule has 48 heavy (non-hydrogen) atoms. The molecule has 0 atom stereocenters. The lowest BCUT2D eigenvalue weighted by atomic mass is 9.79. The predicted molar refractivity (Wildman–Crippen MR) is 176 cm³/mol. The second-order valence-electron chi connectivity index (χ2n) is 13.9. The molecule has 3 aliphatic carbocycles. The fourth-order valence-electron chi connectivity index (χ4n) is 7.40. The van der Waals surface area contributed by atoms with E-state index in [9.17, 15) is 20.0 Å². The summed E-state index contributed by atoms with van der Waals surface area (Å²) in [5.74, 6) is 2.23. The normalized spacial score (nSPS) is 24.3. The number of aliphatic hydroxyl groups is 1. The molecular weight excluding hydrogens is 610 g/mol. The Labute approximate surface area is 280 Å². The van der Waals surface area contributed by atoms with Crippen molar-refractivity contribution in [1.82, 2.24) is 14.9 Å². The van der Waals surface area contributed by atoms with Crippen LogP contribution in [0.25, 0.3) is 11.3 Å². The molecule has 3 aromatic rings. The number of amides is 2. The van der Waals surface area contributed by atoms with Gasteiger partial charge in [-0.2, -0.15) is 5.26 Å². The van der Waals surface area contributed by atoms with E-state index in [0.717, 1.165) is 67.1 Å². The number of nitrogens with zero attached hydrogens (tertiary/aromatic N) is 5. The number of aromatic nitrogens is 2. The molecule has 1 aromatic carbocycles. The van der Waals surface area contributed by atoms with Crippen molar-refractivity contribution in [2.75, 3.05) is 31.6 Å². The van der Waals surface area contributed by atoms with Crippen LogP contribution in [0.3, 0.4) is 0 Å². The SMILES string of the molecule is COc1ccc(C2CCC(CN(C(=O)C3CCC(OC(=O)N4CC(O)C4)CC3)c3cccc(-c4coc(C5CC5)n4)c3)CC2)nc1C#N. The number of hydrogen-bond acceptors (Lipinski definition) is 9. The number of benzene rings is 1. The smallest absolute Gasteiger partial charge is 0.410 e. The second kappa shape index (κ2) is 14.0. The van der Waals surface area contributed by atoms with Crippen LogP contribution in [-0.4, -0.2) is 70.9 Å². The molecule has 7 rings (SSSR count). The van der Waals surface area contributed by atoms with E-state index in [1.807, 2.05) is 35.2 Å². The van der Waals surface area contributed by atoms with Crippen LogP contribution in [0, 0.1) is 23.2 Å². The summed E-state index contributed by atoms with van der Waals surface area (Å²) in [5.41, 5.74) is 3.81. The van der Waals surface area contributed by atoms with Crippen LogP contribution in [0.2, 0.25) is 0 Å². The molecule has 2 amide bonds. The maximum Gasteiger partial charge on any atom is 0.410 e.